The highest BCUT2D eigenvalue weighted by Gasteiger charge is 2.20. The Balaban J connectivity index is 0.000000984. The number of alkyl halides is 1. The summed E-state index contributed by atoms with van der Waals surface area (Å²) < 4.78 is 20.7. The third kappa shape index (κ3) is 10.9. The van der Waals surface area contributed by atoms with E-state index < -0.39 is 12.7 Å². The molecule has 1 atom stereocenters. The van der Waals surface area contributed by atoms with Gasteiger partial charge in [-0.15, -0.1) is 0 Å². The molecule has 3 rings (SSSR count). The second kappa shape index (κ2) is 17.9. The zero-order valence-corrected chi connectivity index (χ0v) is 30.3. The van der Waals surface area contributed by atoms with Gasteiger partial charge in [0.25, 0.3) is 0 Å². The summed E-state index contributed by atoms with van der Waals surface area (Å²) in [6.45, 7) is 20.1. The van der Waals surface area contributed by atoms with Crippen molar-refractivity contribution in [3.63, 3.8) is 0 Å². The van der Waals surface area contributed by atoms with E-state index in [0.29, 0.717) is 37.0 Å². The molecule has 2 aromatic carbocycles. The van der Waals surface area contributed by atoms with Crippen LogP contribution in [0.5, 0.6) is 5.75 Å². The van der Waals surface area contributed by atoms with E-state index in [2.05, 4.69) is 49.9 Å². The number of aldehydes is 1. The number of hydrogen-bond acceptors (Lipinski definition) is 6. The molecule has 0 aliphatic rings. The first-order valence-electron chi connectivity index (χ1n) is 16.4. The normalized spacial score (nSPS) is 12.5. The van der Waals surface area contributed by atoms with Crippen LogP contribution < -0.4 is 15.4 Å². The molecule has 9 heteroatoms. The number of halogens is 1. The van der Waals surface area contributed by atoms with E-state index in [1.54, 1.807) is 14.0 Å². The fraction of sp³-hybridized carbons (Fsp3) is 0.500. The minimum atomic E-state index is -0.569. The van der Waals surface area contributed by atoms with Gasteiger partial charge >= 0.3 is 0 Å². The number of rotatable bonds is 15. The van der Waals surface area contributed by atoms with Crippen molar-refractivity contribution in [3.8, 4) is 5.75 Å². The molecule has 0 aliphatic heterocycles. The van der Waals surface area contributed by atoms with Crippen molar-refractivity contribution in [2.75, 3.05) is 45.9 Å². The van der Waals surface area contributed by atoms with Crippen LogP contribution in [0.15, 0.2) is 48.0 Å². The molecular weight excluding hydrogens is 591 g/mol. The first-order chi connectivity index (χ1) is 22.1. The van der Waals surface area contributed by atoms with Gasteiger partial charge in [-0.3, -0.25) is 10.2 Å². The lowest BCUT2D eigenvalue weighted by atomic mass is 9.88. The third-order valence-electron chi connectivity index (χ3n) is 8.92. The molecule has 0 saturated heterocycles. The summed E-state index contributed by atoms with van der Waals surface area (Å²) in [5.41, 5.74) is 13.1. The molecule has 0 amide bonds. The SMILES string of the molecule is C=C(c1cc2cccc(OC)c2n1CC(C)=NC(C)=N)N(C)c1cc(CCN(C)CC(N)CF)c(C=O)cc1C.CCC(C)(C)CC. The quantitative estimate of drug-likeness (QED) is 0.0990. The summed E-state index contributed by atoms with van der Waals surface area (Å²) in [4.78, 5) is 20.3. The van der Waals surface area contributed by atoms with Crippen LogP contribution in [0.1, 0.15) is 81.6 Å². The molecule has 1 unspecified atom stereocenters. The Labute approximate surface area is 282 Å². The maximum absolute atomic E-state index is 12.9. The molecule has 0 fully saturated rings. The molecule has 1 heterocycles. The van der Waals surface area contributed by atoms with Crippen molar-refractivity contribution in [2.24, 2.45) is 16.1 Å². The molecule has 258 valence electrons. The number of carbonyl (C=O) groups is 1. The molecule has 8 nitrogen and oxygen atoms in total. The minimum Gasteiger partial charge on any atom is -0.495 e. The van der Waals surface area contributed by atoms with Crippen LogP contribution >= 0.6 is 0 Å². The van der Waals surface area contributed by atoms with Gasteiger partial charge in [-0.05, 0) is 75.0 Å². The maximum Gasteiger partial charge on any atom is 0.150 e. The molecule has 0 saturated carbocycles. The van der Waals surface area contributed by atoms with Gasteiger partial charge in [0.1, 0.15) is 24.5 Å². The van der Waals surface area contributed by atoms with Crippen molar-refractivity contribution in [1.82, 2.24) is 9.47 Å². The number of aliphatic imine (C=N–C) groups is 1. The van der Waals surface area contributed by atoms with Crippen molar-refractivity contribution in [2.45, 2.75) is 80.3 Å². The Morgan fingerprint density at radius 1 is 1.19 bits per heavy atom. The van der Waals surface area contributed by atoms with Gasteiger partial charge in [-0.25, -0.2) is 9.38 Å². The number of benzene rings is 2. The zero-order chi connectivity index (χ0) is 35.5. The van der Waals surface area contributed by atoms with Gasteiger partial charge in [0.2, 0.25) is 0 Å². The van der Waals surface area contributed by atoms with Crippen LogP contribution in [0.25, 0.3) is 16.6 Å². The highest BCUT2D eigenvalue weighted by Crippen LogP contribution is 2.35. The first kappa shape index (κ1) is 39.4. The second-order valence-electron chi connectivity index (χ2n) is 13.2. The highest BCUT2D eigenvalue weighted by molar-refractivity contribution is 5.97. The molecule has 0 bridgehead atoms. The fourth-order valence-electron chi connectivity index (χ4n) is 5.28. The Bertz CT molecular complexity index is 1550. The Morgan fingerprint density at radius 2 is 1.85 bits per heavy atom. The molecule has 3 aromatic rings. The predicted molar refractivity (Wildman–Crippen MR) is 199 cm³/mol. The summed E-state index contributed by atoms with van der Waals surface area (Å²) in [6.07, 6.45) is 4.09. The summed E-state index contributed by atoms with van der Waals surface area (Å²) in [6, 6.07) is 11.4. The molecular formula is C38H57FN6O2. The number of nitrogens with zero attached hydrogens (tertiary/aromatic N) is 4. The smallest absolute Gasteiger partial charge is 0.150 e. The molecule has 0 radical (unpaired) electrons. The number of aryl methyl sites for hydroxylation is 1. The Kier molecular flexibility index (Phi) is 15.0. The average molecular weight is 649 g/mol. The van der Waals surface area contributed by atoms with E-state index in [1.807, 2.05) is 68.1 Å². The van der Waals surface area contributed by atoms with Gasteiger partial charge in [0, 0.05) is 48.5 Å². The lowest BCUT2D eigenvalue weighted by Crippen LogP contribution is -2.37. The summed E-state index contributed by atoms with van der Waals surface area (Å²) >= 11 is 0. The Morgan fingerprint density at radius 3 is 2.38 bits per heavy atom. The van der Waals surface area contributed by atoms with Crippen LogP contribution in [-0.4, -0.2) is 74.3 Å². The molecule has 0 aliphatic carbocycles. The van der Waals surface area contributed by atoms with Crippen molar-refractivity contribution >= 4 is 40.1 Å². The Hall–Kier alpha value is -3.82. The van der Waals surface area contributed by atoms with Crippen molar-refractivity contribution in [1.29, 1.82) is 5.41 Å². The monoisotopic (exact) mass is 648 g/mol. The zero-order valence-electron chi connectivity index (χ0n) is 30.3. The maximum atomic E-state index is 12.9. The van der Waals surface area contributed by atoms with E-state index in [0.717, 1.165) is 56.9 Å². The number of aromatic nitrogens is 1. The number of nitrogens with two attached hydrogens (primary N) is 1. The van der Waals surface area contributed by atoms with Crippen LogP contribution in [0.2, 0.25) is 0 Å². The largest absolute Gasteiger partial charge is 0.495 e. The van der Waals surface area contributed by atoms with Crippen LogP contribution in [0.4, 0.5) is 10.1 Å². The number of carbonyl (C=O) groups excluding carboxylic acids is 1. The van der Waals surface area contributed by atoms with Crippen LogP contribution in [-0.2, 0) is 13.0 Å². The van der Waals surface area contributed by atoms with Crippen molar-refractivity contribution in [3.05, 3.63) is 65.4 Å². The lowest BCUT2D eigenvalue weighted by molar-refractivity contribution is 0.112. The van der Waals surface area contributed by atoms with Gasteiger partial charge in [-0.2, -0.15) is 0 Å². The van der Waals surface area contributed by atoms with Crippen LogP contribution in [0, 0.1) is 17.7 Å². The number of likely N-dealkylation sites (N-methyl/N-ethyl adjacent to an activating group) is 1. The highest BCUT2D eigenvalue weighted by atomic mass is 19.1. The van der Waals surface area contributed by atoms with E-state index in [-0.39, 0.29) is 5.84 Å². The number of methoxy groups -OCH3 is 1. The van der Waals surface area contributed by atoms with Crippen molar-refractivity contribution < 1.29 is 13.9 Å². The number of hydrogen-bond donors (Lipinski definition) is 2. The number of ether oxygens (including phenoxy) is 1. The number of anilines is 1. The topological polar surface area (TPSA) is 99.9 Å². The average Bonchev–Trinajstić information content (AvgIpc) is 3.41. The first-order valence-corrected chi connectivity index (χ1v) is 16.4. The minimum absolute atomic E-state index is 0.245. The molecule has 1 aromatic heterocycles. The van der Waals surface area contributed by atoms with Gasteiger partial charge in [0.15, 0.2) is 0 Å². The summed E-state index contributed by atoms with van der Waals surface area (Å²) in [7, 11) is 5.51. The number of para-hydroxylation sites is 1. The van der Waals surface area contributed by atoms with E-state index in [1.165, 1.54) is 12.8 Å². The fourth-order valence-corrected chi connectivity index (χ4v) is 5.28. The number of fused-ring (bicyclic) bond motifs is 1. The second-order valence-corrected chi connectivity index (χ2v) is 13.2. The lowest BCUT2D eigenvalue weighted by Gasteiger charge is -2.27. The number of amidine groups is 1. The number of nitrogens with one attached hydrogen (secondary N) is 1. The molecule has 47 heavy (non-hydrogen) atoms. The van der Waals surface area contributed by atoms with E-state index >= 15 is 0 Å². The van der Waals surface area contributed by atoms with Gasteiger partial charge in [0.05, 0.1) is 30.6 Å². The third-order valence-corrected chi connectivity index (χ3v) is 8.92. The summed E-state index contributed by atoms with van der Waals surface area (Å²) in [5.74, 6) is 0.984. The molecule has 0 spiro atoms. The predicted octanol–water partition coefficient (Wildman–Crippen LogP) is 7.94. The standard InChI is InChI=1S/C31H41FN6O2.C7H16/c1-20-13-26(19-39)24(11-12-36(5)18-27(34)16-32)14-28(20)37(6)22(3)29-15-25-9-8-10-30(40-7)31(25)38(29)17-21(2)35-23(4)33;1-5-7(3,4)6-2/h8-10,13-15,19,27,33H,3,11-12,16-18,34H2,1-2,4-7H3;5-6H2,1-4H3. The van der Waals surface area contributed by atoms with E-state index in [4.69, 9.17) is 15.9 Å². The molecule has 3 N–H and O–H groups in total. The van der Waals surface area contributed by atoms with E-state index in [9.17, 15) is 9.18 Å². The summed E-state index contributed by atoms with van der Waals surface area (Å²) in [5, 5.41) is 8.80. The van der Waals surface area contributed by atoms with Gasteiger partial charge in [-0.1, -0.05) is 59.2 Å². The van der Waals surface area contributed by atoms with Crippen LogP contribution in [0.3, 0.4) is 0 Å². The van der Waals surface area contributed by atoms with Gasteiger partial charge < -0.3 is 24.8 Å².